The largest absolute Gasteiger partial charge is 0.147 e. The van der Waals surface area contributed by atoms with Crippen LogP contribution in [-0.2, 0) is 0 Å². The molecule has 0 aliphatic heterocycles. The van der Waals surface area contributed by atoms with Crippen LogP contribution in [0.3, 0.4) is 0 Å². The lowest BCUT2D eigenvalue weighted by Crippen LogP contribution is -0.926. The van der Waals surface area contributed by atoms with Gasteiger partial charge < -0.3 is 0 Å². The Bertz CT molecular complexity index is 23.7. The van der Waals surface area contributed by atoms with Crippen molar-refractivity contribution in [1.82, 2.24) is 0 Å². The Kier molecular flexibility index (Phi) is 1230. The van der Waals surface area contributed by atoms with E-state index in [1.165, 1.54) is 5.54 Å². The van der Waals surface area contributed by atoms with E-state index in [2.05, 4.69) is 19.7 Å². The minimum atomic E-state index is 0. The molecule has 0 radical (unpaired) electrons. The zero-order valence-electron chi connectivity index (χ0n) is 6.30. The van der Waals surface area contributed by atoms with E-state index in [1.807, 2.05) is 13.8 Å². The number of hydrogen-bond acceptors (Lipinski definition) is 0. The number of rotatable bonds is 0. The quantitative estimate of drug-likeness (QED) is 0.538. The molecule has 0 nitrogen and oxygen atoms in total. The Morgan fingerprint density at radius 3 is 1.00 bits per heavy atom. The van der Waals surface area contributed by atoms with Crippen molar-refractivity contribution < 1.29 is 0 Å². The first-order chi connectivity index (χ1) is 3.41. The monoisotopic (exact) mass is 228 g/mol. The van der Waals surface area contributed by atoms with Crippen molar-refractivity contribution in [2.45, 2.75) is 13.8 Å². The van der Waals surface area contributed by atoms with E-state index in [9.17, 15) is 0 Å². The van der Waals surface area contributed by atoms with E-state index in [4.69, 9.17) is 11.6 Å². The fourth-order valence-electron chi connectivity index (χ4n) is 0. The zero-order chi connectivity index (χ0) is 6.71. The average molecular weight is 230 g/mol. The molecule has 0 aromatic heterocycles. The van der Waals surface area contributed by atoms with Gasteiger partial charge in [0.25, 0.3) is 0 Å². The second kappa shape index (κ2) is 268. The van der Waals surface area contributed by atoms with Gasteiger partial charge in [0, 0.05) is 0 Å². The third-order valence-corrected chi connectivity index (χ3v) is 0. The Balaban J connectivity index is -0.00000000536. The fourth-order valence-corrected chi connectivity index (χ4v) is 0. The third-order valence-electron chi connectivity index (χ3n) is 0. The molecule has 0 saturated carbocycles. The molecular weight excluding hydrogens is 214 g/mol. The van der Waals surface area contributed by atoms with Gasteiger partial charge in [-0.15, -0.1) is 50.4 Å². The molecule has 0 aromatic carbocycles. The van der Waals surface area contributed by atoms with Crippen molar-refractivity contribution in [2.24, 2.45) is 0 Å². The van der Waals surface area contributed by atoms with E-state index >= 15 is 0 Å². The molecule has 0 rings (SSSR count). The lowest BCUT2D eigenvalue weighted by Gasteiger charge is -1.27. The first-order valence-corrected chi connectivity index (χ1v) is 2.56. The number of hydrogen-bond donors (Lipinski definition) is 0. The first-order valence-electron chi connectivity index (χ1n) is 2.13. The van der Waals surface area contributed by atoms with Gasteiger partial charge in [0.1, 0.15) is 0 Å². The summed E-state index contributed by atoms with van der Waals surface area (Å²) in [4.78, 5) is 0. The summed E-state index contributed by atoms with van der Waals surface area (Å²) in [5, 5.41) is 0. The van der Waals surface area contributed by atoms with Crippen molar-refractivity contribution in [3.8, 4) is 0 Å². The Morgan fingerprint density at radius 1 is 1.00 bits per heavy atom. The highest BCUT2D eigenvalue weighted by Crippen LogP contribution is 1.60. The van der Waals surface area contributed by atoms with Gasteiger partial charge in [-0.05, 0) is 5.54 Å². The Morgan fingerprint density at radius 2 is 1.00 bits per heavy atom. The summed E-state index contributed by atoms with van der Waals surface area (Å²) in [5.41, 5.74) is 1.22. The van der Waals surface area contributed by atoms with Crippen LogP contribution < -0.4 is 0 Å². The molecule has 0 fully saturated rings. The molecule has 0 amide bonds. The smallest absolute Gasteiger partial charge is 0.00296 e. The molecule has 68 valence electrons. The average Bonchev–Trinajstić information content (AvgIpc) is 1.78. The van der Waals surface area contributed by atoms with Crippen LogP contribution in [0.15, 0.2) is 25.3 Å². The Hall–Kier alpha value is 0.640. The molecule has 0 N–H and O–H groups in total. The van der Waals surface area contributed by atoms with E-state index in [0.717, 1.165) is 0 Å². The summed E-state index contributed by atoms with van der Waals surface area (Å²) in [7, 11) is 0. The zero-order valence-corrected chi connectivity index (χ0v) is 9.51. The second-order valence-electron chi connectivity index (χ2n) is 0.154. The van der Waals surface area contributed by atoms with Crippen LogP contribution in [0.25, 0.3) is 0 Å². The predicted molar refractivity (Wildman–Crippen MR) is 60.4 cm³/mol. The molecule has 0 saturated heterocycles. The lowest BCUT2D eigenvalue weighted by molar-refractivity contribution is 1.50. The van der Waals surface area contributed by atoms with Crippen LogP contribution in [0.2, 0.25) is 0 Å². The van der Waals surface area contributed by atoms with Crippen LogP contribution in [0.4, 0.5) is 0 Å². The van der Waals surface area contributed by atoms with Crippen molar-refractivity contribution in [3.05, 3.63) is 25.3 Å². The maximum atomic E-state index is 4.76. The SMILES string of the molecule is C=C.C=CCl.CC.Cl.Cl.Cl. The molecule has 0 unspecified atom stereocenters. The summed E-state index contributed by atoms with van der Waals surface area (Å²) >= 11 is 4.76. The minimum Gasteiger partial charge on any atom is -0.147 e. The summed E-state index contributed by atoms with van der Waals surface area (Å²) in [6.45, 7) is 13.1. The molecule has 0 spiro atoms. The normalized spacial score (nSPS) is 2.30. The molecule has 4 heteroatoms. The summed E-state index contributed by atoms with van der Waals surface area (Å²) in [6, 6.07) is 0. The molecular formula is C6H16Cl4. The van der Waals surface area contributed by atoms with Crippen LogP contribution in [0.5, 0.6) is 0 Å². The molecule has 0 heterocycles. The van der Waals surface area contributed by atoms with Gasteiger partial charge >= 0.3 is 0 Å². The van der Waals surface area contributed by atoms with E-state index in [0.29, 0.717) is 0 Å². The molecule has 0 bridgehead atoms. The Labute approximate surface area is 88.0 Å². The predicted octanol–water partition coefficient (Wildman–Crippen LogP) is 4.46. The van der Waals surface area contributed by atoms with Gasteiger partial charge in [0.15, 0.2) is 0 Å². The van der Waals surface area contributed by atoms with Crippen LogP contribution >= 0.6 is 48.8 Å². The standard InChI is InChI=1S/C2H3Cl.C2H6.C2H4.3ClH/c1-2-3;2*1-2;;;/h2H,1H2;1-2H3;1-2H2;3*1H. The summed E-state index contributed by atoms with van der Waals surface area (Å²) in [6.07, 6.45) is 0. The fraction of sp³-hybridized carbons (Fsp3) is 0.333. The topological polar surface area (TPSA) is 0 Å². The van der Waals surface area contributed by atoms with Crippen molar-refractivity contribution in [3.63, 3.8) is 0 Å². The first kappa shape index (κ1) is 45.9. The molecule has 0 atom stereocenters. The van der Waals surface area contributed by atoms with Crippen molar-refractivity contribution in [1.29, 1.82) is 0 Å². The summed E-state index contributed by atoms with van der Waals surface area (Å²) in [5.74, 6) is 0. The molecule has 0 aromatic rings. The van der Waals surface area contributed by atoms with Gasteiger partial charge in [-0.25, -0.2) is 0 Å². The van der Waals surface area contributed by atoms with Gasteiger partial charge in [-0.3, -0.25) is 0 Å². The maximum absolute atomic E-state index is 4.76. The maximum Gasteiger partial charge on any atom is -0.00296 e. The van der Waals surface area contributed by atoms with E-state index < -0.39 is 0 Å². The van der Waals surface area contributed by atoms with Gasteiger partial charge in [-0.1, -0.05) is 32.0 Å². The van der Waals surface area contributed by atoms with Gasteiger partial charge in [0.2, 0.25) is 0 Å². The molecule has 0 aliphatic carbocycles. The van der Waals surface area contributed by atoms with Crippen LogP contribution in [-0.4, -0.2) is 0 Å². The van der Waals surface area contributed by atoms with Crippen LogP contribution in [0.1, 0.15) is 13.8 Å². The highest BCUT2D eigenvalue weighted by atomic mass is 35.5. The molecule has 0 aliphatic rings. The summed E-state index contributed by atoms with van der Waals surface area (Å²) < 4.78 is 0. The minimum absolute atomic E-state index is 0. The van der Waals surface area contributed by atoms with Crippen LogP contribution in [0, 0.1) is 0 Å². The van der Waals surface area contributed by atoms with Gasteiger partial charge in [0.05, 0.1) is 0 Å². The lowest BCUT2D eigenvalue weighted by atomic mass is 11.0. The third kappa shape index (κ3) is 1230. The molecule has 10 heavy (non-hydrogen) atoms. The van der Waals surface area contributed by atoms with Crippen molar-refractivity contribution in [2.75, 3.05) is 0 Å². The van der Waals surface area contributed by atoms with E-state index in [1.54, 1.807) is 0 Å². The van der Waals surface area contributed by atoms with E-state index in [-0.39, 0.29) is 37.2 Å². The second-order valence-corrected chi connectivity index (χ2v) is 0.463. The number of halogens is 4. The van der Waals surface area contributed by atoms with Crippen molar-refractivity contribution >= 4 is 48.8 Å². The highest BCUT2D eigenvalue weighted by molar-refractivity contribution is 6.25. The highest BCUT2D eigenvalue weighted by Gasteiger charge is 1.18. The van der Waals surface area contributed by atoms with Gasteiger partial charge in [-0.2, -0.15) is 0 Å².